The molecule has 134 valence electrons. The SMILES string of the molecule is CC(C)CC(NC(=O)c1cccs1)C(=O)Nc1c2c(nn1C)CSC2. The number of anilines is 1. The van der Waals surface area contributed by atoms with E-state index in [1.54, 1.807) is 22.5 Å². The molecular formula is C17H22N4O2S2. The molecule has 2 amide bonds. The summed E-state index contributed by atoms with van der Waals surface area (Å²) in [5.41, 5.74) is 2.12. The van der Waals surface area contributed by atoms with Crippen LogP contribution in [0.1, 0.15) is 41.2 Å². The summed E-state index contributed by atoms with van der Waals surface area (Å²) in [7, 11) is 1.83. The van der Waals surface area contributed by atoms with Gasteiger partial charge in [-0.25, -0.2) is 0 Å². The van der Waals surface area contributed by atoms with Gasteiger partial charge in [0.05, 0.1) is 10.6 Å². The van der Waals surface area contributed by atoms with Crippen molar-refractivity contribution in [1.29, 1.82) is 0 Å². The molecule has 0 fully saturated rings. The van der Waals surface area contributed by atoms with E-state index in [2.05, 4.69) is 15.7 Å². The van der Waals surface area contributed by atoms with E-state index >= 15 is 0 Å². The lowest BCUT2D eigenvalue weighted by Crippen LogP contribution is -2.44. The lowest BCUT2D eigenvalue weighted by molar-refractivity contribution is -0.118. The van der Waals surface area contributed by atoms with Crippen molar-refractivity contribution in [2.75, 3.05) is 5.32 Å². The predicted octanol–water partition coefficient (Wildman–Crippen LogP) is 3.01. The lowest BCUT2D eigenvalue weighted by Gasteiger charge is -2.20. The van der Waals surface area contributed by atoms with Crippen molar-refractivity contribution in [2.45, 2.75) is 37.8 Å². The summed E-state index contributed by atoms with van der Waals surface area (Å²) in [5.74, 6) is 2.36. The van der Waals surface area contributed by atoms with E-state index < -0.39 is 6.04 Å². The Balaban J connectivity index is 1.74. The predicted molar refractivity (Wildman–Crippen MR) is 102 cm³/mol. The number of thioether (sulfide) groups is 1. The van der Waals surface area contributed by atoms with Gasteiger partial charge in [-0.1, -0.05) is 19.9 Å². The van der Waals surface area contributed by atoms with Crippen LogP contribution in [0, 0.1) is 5.92 Å². The fourth-order valence-electron chi connectivity index (χ4n) is 2.84. The van der Waals surface area contributed by atoms with Crippen LogP contribution in [0.2, 0.25) is 0 Å². The van der Waals surface area contributed by atoms with E-state index in [0.717, 1.165) is 28.6 Å². The van der Waals surface area contributed by atoms with E-state index in [1.165, 1.54) is 11.3 Å². The highest BCUT2D eigenvalue weighted by Gasteiger charge is 2.27. The molecule has 0 saturated heterocycles. The Kier molecular flexibility index (Phi) is 5.48. The fraction of sp³-hybridized carbons (Fsp3) is 0.471. The van der Waals surface area contributed by atoms with E-state index in [9.17, 15) is 9.59 Å². The number of carbonyl (C=O) groups excluding carboxylic acids is 2. The van der Waals surface area contributed by atoms with E-state index in [-0.39, 0.29) is 17.7 Å². The first-order chi connectivity index (χ1) is 12.0. The molecule has 0 radical (unpaired) electrons. The van der Waals surface area contributed by atoms with Gasteiger partial charge in [-0.3, -0.25) is 14.3 Å². The zero-order chi connectivity index (χ0) is 18.0. The Labute approximate surface area is 155 Å². The molecular weight excluding hydrogens is 356 g/mol. The molecule has 2 aromatic rings. The Hall–Kier alpha value is -1.80. The first kappa shape index (κ1) is 18.0. The van der Waals surface area contributed by atoms with E-state index in [4.69, 9.17) is 0 Å². The molecule has 0 aliphatic carbocycles. The summed E-state index contributed by atoms with van der Waals surface area (Å²) in [6, 6.07) is 3.01. The summed E-state index contributed by atoms with van der Waals surface area (Å²) in [5, 5.41) is 12.2. The van der Waals surface area contributed by atoms with Gasteiger partial charge in [-0.15, -0.1) is 11.3 Å². The van der Waals surface area contributed by atoms with Gasteiger partial charge in [0, 0.05) is 24.1 Å². The van der Waals surface area contributed by atoms with Gasteiger partial charge in [0.25, 0.3) is 5.91 Å². The third kappa shape index (κ3) is 4.07. The van der Waals surface area contributed by atoms with Crippen molar-refractivity contribution >= 4 is 40.7 Å². The molecule has 8 heteroatoms. The number of hydrogen-bond donors (Lipinski definition) is 2. The number of aryl methyl sites for hydroxylation is 1. The molecule has 0 bridgehead atoms. The van der Waals surface area contributed by atoms with Crippen LogP contribution in [-0.4, -0.2) is 27.6 Å². The van der Waals surface area contributed by atoms with Crippen molar-refractivity contribution in [3.8, 4) is 0 Å². The Morgan fingerprint density at radius 2 is 2.16 bits per heavy atom. The van der Waals surface area contributed by atoms with Crippen LogP contribution in [0.4, 0.5) is 5.82 Å². The highest BCUT2D eigenvalue weighted by Crippen LogP contribution is 2.34. The minimum absolute atomic E-state index is 0.193. The molecule has 1 unspecified atom stereocenters. The average Bonchev–Trinajstić information content (AvgIpc) is 3.26. The van der Waals surface area contributed by atoms with Crippen LogP contribution in [-0.2, 0) is 23.3 Å². The molecule has 0 saturated carbocycles. The van der Waals surface area contributed by atoms with Gasteiger partial charge in [-0.2, -0.15) is 16.9 Å². The molecule has 0 aromatic carbocycles. The Bertz CT molecular complexity index is 768. The third-order valence-corrected chi connectivity index (χ3v) is 5.87. The molecule has 2 aromatic heterocycles. The maximum absolute atomic E-state index is 12.8. The molecule has 3 rings (SSSR count). The number of carbonyl (C=O) groups is 2. The molecule has 3 heterocycles. The van der Waals surface area contributed by atoms with Crippen molar-refractivity contribution in [3.05, 3.63) is 33.6 Å². The molecule has 1 aliphatic heterocycles. The quantitative estimate of drug-likeness (QED) is 0.810. The van der Waals surface area contributed by atoms with Crippen molar-refractivity contribution in [2.24, 2.45) is 13.0 Å². The monoisotopic (exact) mass is 378 g/mol. The van der Waals surface area contributed by atoms with Gasteiger partial charge in [0.1, 0.15) is 11.9 Å². The summed E-state index contributed by atoms with van der Waals surface area (Å²) in [6.07, 6.45) is 0.581. The third-order valence-electron chi connectivity index (χ3n) is 4.03. The van der Waals surface area contributed by atoms with Crippen LogP contribution in [0.3, 0.4) is 0 Å². The summed E-state index contributed by atoms with van der Waals surface area (Å²) in [6.45, 7) is 4.08. The highest BCUT2D eigenvalue weighted by molar-refractivity contribution is 7.98. The van der Waals surface area contributed by atoms with Crippen molar-refractivity contribution < 1.29 is 9.59 Å². The summed E-state index contributed by atoms with van der Waals surface area (Å²) < 4.78 is 1.72. The van der Waals surface area contributed by atoms with Crippen LogP contribution in [0.25, 0.3) is 0 Å². The Morgan fingerprint density at radius 1 is 1.36 bits per heavy atom. The van der Waals surface area contributed by atoms with Gasteiger partial charge in [-0.05, 0) is 23.8 Å². The largest absolute Gasteiger partial charge is 0.340 e. The van der Waals surface area contributed by atoms with Gasteiger partial charge in [0.2, 0.25) is 5.91 Å². The molecule has 6 nitrogen and oxygen atoms in total. The maximum atomic E-state index is 12.8. The van der Waals surface area contributed by atoms with Gasteiger partial charge in [0.15, 0.2) is 0 Å². The van der Waals surface area contributed by atoms with Gasteiger partial charge < -0.3 is 10.6 Å². The number of aromatic nitrogens is 2. The number of rotatable bonds is 6. The minimum Gasteiger partial charge on any atom is -0.340 e. The number of amides is 2. The van der Waals surface area contributed by atoms with Crippen molar-refractivity contribution in [1.82, 2.24) is 15.1 Å². The van der Waals surface area contributed by atoms with Crippen LogP contribution in [0.5, 0.6) is 0 Å². The second-order valence-corrected chi connectivity index (χ2v) is 8.45. The first-order valence-electron chi connectivity index (χ1n) is 8.23. The standard InChI is InChI=1S/C17H22N4O2S2/c1-10(2)7-12(18-17(23)14-5-4-6-25-14)16(22)19-15-11-8-24-9-13(11)20-21(15)3/h4-6,10,12H,7-9H2,1-3H3,(H,18,23)(H,19,22). The normalized spacial score (nSPS) is 14.4. The first-order valence-corrected chi connectivity index (χ1v) is 10.3. The van der Waals surface area contributed by atoms with E-state index in [0.29, 0.717) is 11.3 Å². The van der Waals surface area contributed by atoms with Crippen molar-refractivity contribution in [3.63, 3.8) is 0 Å². The Morgan fingerprint density at radius 3 is 2.84 bits per heavy atom. The topological polar surface area (TPSA) is 76.0 Å². The van der Waals surface area contributed by atoms with Gasteiger partial charge >= 0.3 is 0 Å². The molecule has 1 aliphatic rings. The number of thiophene rings is 1. The highest BCUT2D eigenvalue weighted by atomic mass is 32.2. The zero-order valence-electron chi connectivity index (χ0n) is 14.5. The summed E-state index contributed by atoms with van der Waals surface area (Å²) >= 11 is 3.16. The second-order valence-electron chi connectivity index (χ2n) is 6.51. The molecule has 25 heavy (non-hydrogen) atoms. The fourth-order valence-corrected chi connectivity index (χ4v) is 4.50. The number of nitrogens with zero attached hydrogens (tertiary/aromatic N) is 2. The smallest absolute Gasteiger partial charge is 0.261 e. The average molecular weight is 379 g/mol. The van der Waals surface area contributed by atoms with Crippen LogP contribution < -0.4 is 10.6 Å². The van der Waals surface area contributed by atoms with Crippen LogP contribution in [0.15, 0.2) is 17.5 Å². The maximum Gasteiger partial charge on any atom is 0.261 e. The number of fused-ring (bicyclic) bond motifs is 1. The summed E-state index contributed by atoms with van der Waals surface area (Å²) in [4.78, 5) is 25.8. The molecule has 0 spiro atoms. The zero-order valence-corrected chi connectivity index (χ0v) is 16.2. The van der Waals surface area contributed by atoms with E-state index in [1.807, 2.05) is 32.3 Å². The minimum atomic E-state index is -0.575. The lowest BCUT2D eigenvalue weighted by atomic mass is 10.0. The number of hydrogen-bond acceptors (Lipinski definition) is 5. The second kappa shape index (κ2) is 7.61. The number of nitrogens with one attached hydrogen (secondary N) is 2. The molecule has 2 N–H and O–H groups in total. The molecule has 1 atom stereocenters. The van der Waals surface area contributed by atoms with Crippen LogP contribution >= 0.6 is 23.1 Å².